The number of hydrogen-bond acceptors (Lipinski definition) is 2. The van der Waals surface area contributed by atoms with Crippen molar-refractivity contribution in [3.63, 3.8) is 0 Å². The minimum atomic E-state index is -0.296. The first-order valence-corrected chi connectivity index (χ1v) is 9.90. The topological polar surface area (TPSA) is 30.2 Å². The van der Waals surface area contributed by atoms with Crippen LogP contribution in [0.3, 0.4) is 0 Å². The molecule has 0 aliphatic carbocycles. The third-order valence-corrected chi connectivity index (χ3v) is 4.97. The molecule has 28 heavy (non-hydrogen) atoms. The quantitative estimate of drug-likeness (QED) is 0.345. The fourth-order valence-electron chi connectivity index (χ4n) is 3.40. The summed E-state index contributed by atoms with van der Waals surface area (Å²) in [6.45, 7) is 6.44. The van der Waals surface area contributed by atoms with Crippen molar-refractivity contribution in [2.24, 2.45) is 0 Å². The molecule has 1 aromatic heterocycles. The lowest BCUT2D eigenvalue weighted by Gasteiger charge is -2.11. The molecule has 3 rings (SSSR count). The van der Waals surface area contributed by atoms with Crippen molar-refractivity contribution >= 4 is 11.0 Å². The van der Waals surface area contributed by atoms with E-state index in [0.29, 0.717) is 5.58 Å². The monoisotopic (exact) mass is 372 g/mol. The van der Waals surface area contributed by atoms with E-state index in [-0.39, 0.29) is 5.63 Å². The molecule has 0 saturated carbocycles. The molecule has 2 aromatic carbocycles. The van der Waals surface area contributed by atoms with E-state index in [2.05, 4.69) is 63.3 Å². The van der Waals surface area contributed by atoms with Crippen molar-refractivity contribution in [3.05, 3.63) is 105 Å². The Balaban J connectivity index is 1.94. The van der Waals surface area contributed by atoms with Crippen molar-refractivity contribution in [3.8, 4) is 0 Å². The van der Waals surface area contributed by atoms with Crippen molar-refractivity contribution in [2.45, 2.75) is 46.5 Å². The van der Waals surface area contributed by atoms with Gasteiger partial charge in [-0.2, -0.15) is 0 Å². The second-order valence-electron chi connectivity index (χ2n) is 7.61. The maximum absolute atomic E-state index is 11.9. The second-order valence-corrected chi connectivity index (χ2v) is 7.61. The molecule has 0 aliphatic heterocycles. The van der Waals surface area contributed by atoms with Gasteiger partial charge in [0.2, 0.25) is 0 Å². The summed E-state index contributed by atoms with van der Waals surface area (Å²) in [6, 6.07) is 18.0. The minimum absolute atomic E-state index is 0.296. The van der Waals surface area contributed by atoms with E-state index in [1.54, 1.807) is 0 Å². The maximum atomic E-state index is 11.9. The second kappa shape index (κ2) is 9.36. The van der Waals surface area contributed by atoms with Gasteiger partial charge in [-0.05, 0) is 63.6 Å². The third-order valence-electron chi connectivity index (χ3n) is 4.97. The van der Waals surface area contributed by atoms with Crippen LogP contribution < -0.4 is 5.63 Å². The molecule has 0 saturated heterocycles. The highest BCUT2D eigenvalue weighted by Crippen LogP contribution is 2.25. The van der Waals surface area contributed by atoms with Crippen molar-refractivity contribution in [2.75, 3.05) is 0 Å². The highest BCUT2D eigenvalue weighted by atomic mass is 16.4. The lowest BCUT2D eigenvalue weighted by atomic mass is 9.94. The molecule has 0 bridgehead atoms. The Morgan fingerprint density at radius 3 is 2.43 bits per heavy atom. The first-order valence-electron chi connectivity index (χ1n) is 9.90. The van der Waals surface area contributed by atoms with E-state index in [9.17, 15) is 4.79 Å². The van der Waals surface area contributed by atoms with Crippen LogP contribution in [-0.2, 0) is 12.8 Å². The number of fused-ring (bicyclic) bond motifs is 1. The van der Waals surface area contributed by atoms with Gasteiger partial charge in [-0.1, -0.05) is 65.8 Å². The summed E-state index contributed by atoms with van der Waals surface area (Å²) in [5.41, 5.74) is 6.71. The summed E-state index contributed by atoms with van der Waals surface area (Å²) in [4.78, 5) is 11.9. The van der Waals surface area contributed by atoms with E-state index < -0.39 is 0 Å². The highest BCUT2D eigenvalue weighted by Gasteiger charge is 2.10. The van der Waals surface area contributed by atoms with Crippen LogP contribution in [-0.4, -0.2) is 0 Å². The Kier molecular flexibility index (Phi) is 6.65. The molecule has 0 N–H and O–H groups in total. The average Bonchev–Trinajstić information content (AvgIpc) is 2.67. The van der Waals surface area contributed by atoms with Gasteiger partial charge in [0.05, 0.1) is 0 Å². The van der Waals surface area contributed by atoms with Crippen LogP contribution in [0, 0.1) is 0 Å². The van der Waals surface area contributed by atoms with Gasteiger partial charge in [0.1, 0.15) is 5.58 Å². The Labute approximate surface area is 167 Å². The lowest BCUT2D eigenvalue weighted by Crippen LogP contribution is -2.01. The lowest BCUT2D eigenvalue weighted by molar-refractivity contribution is 0.557. The van der Waals surface area contributed by atoms with E-state index in [0.717, 1.165) is 36.6 Å². The Morgan fingerprint density at radius 1 is 0.929 bits per heavy atom. The maximum Gasteiger partial charge on any atom is 0.336 e. The summed E-state index contributed by atoms with van der Waals surface area (Å²) in [5, 5.41) is 0.974. The van der Waals surface area contributed by atoms with Crippen molar-refractivity contribution in [1.29, 1.82) is 0 Å². The molecule has 2 heteroatoms. The largest absolute Gasteiger partial charge is 0.422 e. The molecular weight excluding hydrogens is 344 g/mol. The summed E-state index contributed by atoms with van der Waals surface area (Å²) < 4.78 is 5.62. The van der Waals surface area contributed by atoms with Gasteiger partial charge in [-0.3, -0.25) is 0 Å². The van der Waals surface area contributed by atoms with Gasteiger partial charge in [0.25, 0.3) is 0 Å². The normalized spacial score (nSPS) is 11.6. The number of allylic oxidation sites excluding steroid dienone is 4. The number of benzene rings is 2. The Bertz CT molecular complexity index is 1050. The Morgan fingerprint density at radius 2 is 1.68 bits per heavy atom. The van der Waals surface area contributed by atoms with Crippen LogP contribution in [0.4, 0.5) is 0 Å². The van der Waals surface area contributed by atoms with Crippen LogP contribution in [0.1, 0.15) is 50.3 Å². The minimum Gasteiger partial charge on any atom is -0.422 e. The zero-order valence-electron chi connectivity index (χ0n) is 17.0. The molecule has 0 radical (unpaired) electrons. The molecule has 0 amide bonds. The molecule has 2 nitrogen and oxygen atoms in total. The van der Waals surface area contributed by atoms with Crippen LogP contribution in [0.15, 0.2) is 87.1 Å². The molecular formula is C26H28O2. The van der Waals surface area contributed by atoms with Crippen LogP contribution >= 0.6 is 0 Å². The predicted molar refractivity (Wildman–Crippen MR) is 118 cm³/mol. The SMILES string of the molecule is CC(C)=CCC/C(C)=C\Cc1c(Cc2ccccc2)ccc2ccc(=O)oc12. The standard InChI is InChI=1S/C26H28O2/c1-19(2)8-7-9-20(3)12-16-24-23(18-21-10-5-4-6-11-21)14-13-22-15-17-25(27)28-26(22)24/h4-6,8,10-15,17H,7,9,16,18H2,1-3H3/b20-12-. The molecule has 0 atom stereocenters. The van der Waals surface area contributed by atoms with E-state index in [1.807, 2.05) is 18.2 Å². The first-order chi connectivity index (χ1) is 13.5. The zero-order valence-corrected chi connectivity index (χ0v) is 17.0. The fourth-order valence-corrected chi connectivity index (χ4v) is 3.40. The number of hydrogen-bond donors (Lipinski definition) is 0. The van der Waals surface area contributed by atoms with Gasteiger partial charge < -0.3 is 4.42 Å². The van der Waals surface area contributed by atoms with Gasteiger partial charge >= 0.3 is 5.63 Å². The van der Waals surface area contributed by atoms with Gasteiger partial charge in [0, 0.05) is 17.0 Å². The van der Waals surface area contributed by atoms with Crippen LogP contribution in [0.25, 0.3) is 11.0 Å². The number of rotatable bonds is 7. The smallest absolute Gasteiger partial charge is 0.336 e. The predicted octanol–water partition coefficient (Wildman–Crippen LogP) is 6.62. The summed E-state index contributed by atoms with van der Waals surface area (Å²) in [5.74, 6) is 0. The summed E-state index contributed by atoms with van der Waals surface area (Å²) in [6.07, 6.45) is 8.26. The Hall–Kier alpha value is -2.87. The van der Waals surface area contributed by atoms with E-state index >= 15 is 0 Å². The highest BCUT2D eigenvalue weighted by molar-refractivity contribution is 5.81. The average molecular weight is 373 g/mol. The summed E-state index contributed by atoms with van der Waals surface area (Å²) >= 11 is 0. The van der Waals surface area contributed by atoms with Gasteiger partial charge in [-0.15, -0.1) is 0 Å². The fraction of sp³-hybridized carbons (Fsp3) is 0.269. The molecule has 0 spiro atoms. The van der Waals surface area contributed by atoms with E-state index in [1.165, 1.54) is 28.3 Å². The van der Waals surface area contributed by atoms with Crippen LogP contribution in [0.5, 0.6) is 0 Å². The van der Waals surface area contributed by atoms with Crippen LogP contribution in [0.2, 0.25) is 0 Å². The molecule has 0 unspecified atom stereocenters. The molecule has 144 valence electrons. The summed E-state index contributed by atoms with van der Waals surface area (Å²) in [7, 11) is 0. The van der Waals surface area contributed by atoms with E-state index in [4.69, 9.17) is 4.42 Å². The molecule has 0 fully saturated rings. The van der Waals surface area contributed by atoms with Crippen molar-refractivity contribution in [1.82, 2.24) is 0 Å². The zero-order chi connectivity index (χ0) is 19.9. The molecule has 1 heterocycles. The van der Waals surface area contributed by atoms with Crippen molar-refractivity contribution < 1.29 is 4.42 Å². The van der Waals surface area contributed by atoms with Gasteiger partial charge in [0.15, 0.2) is 0 Å². The first kappa shape index (κ1) is 19.9. The third kappa shape index (κ3) is 5.32. The molecule has 0 aliphatic rings. The molecule has 3 aromatic rings. The van der Waals surface area contributed by atoms with Gasteiger partial charge in [-0.25, -0.2) is 4.79 Å².